The van der Waals surface area contributed by atoms with E-state index in [1.165, 1.54) is 11.9 Å². The van der Waals surface area contributed by atoms with Gasteiger partial charge in [-0.2, -0.15) is 0 Å². The van der Waals surface area contributed by atoms with Crippen molar-refractivity contribution in [2.24, 2.45) is 4.40 Å². The van der Waals surface area contributed by atoms with E-state index < -0.39 is 0 Å². The van der Waals surface area contributed by atoms with E-state index in [4.69, 9.17) is 9.47 Å². The Labute approximate surface area is 72.3 Å². The molecule has 0 spiro atoms. The summed E-state index contributed by atoms with van der Waals surface area (Å²) in [6, 6.07) is 0. The van der Waals surface area contributed by atoms with Gasteiger partial charge in [0.05, 0.1) is 13.2 Å². The molecule has 0 atom stereocenters. The summed E-state index contributed by atoms with van der Waals surface area (Å²) in [6.07, 6.45) is 3.23. The Morgan fingerprint density at radius 3 is 2.55 bits per heavy atom. The minimum absolute atomic E-state index is 0.391. The highest BCUT2D eigenvalue weighted by Crippen LogP contribution is 1.98. The van der Waals surface area contributed by atoms with Gasteiger partial charge in [0, 0.05) is 6.26 Å². The number of nitrogens with zero attached hydrogens (tertiary/aromatic N) is 1. The molecule has 0 rings (SSSR count). The molecule has 0 amide bonds. The molecule has 0 aliphatic heterocycles. The highest BCUT2D eigenvalue weighted by Gasteiger charge is 1.97. The summed E-state index contributed by atoms with van der Waals surface area (Å²) in [5, 5.41) is 0. The number of rotatable bonds is 4. The summed E-state index contributed by atoms with van der Waals surface area (Å²) < 4.78 is 14.2. The monoisotopic (exact) mass is 177 g/mol. The SMILES string of the molecule is CCCO/C(=N\SC)OCC. The molecule has 0 unspecified atom stereocenters. The summed E-state index contributed by atoms with van der Waals surface area (Å²) in [4.78, 5) is 0. The van der Waals surface area contributed by atoms with E-state index in [-0.39, 0.29) is 0 Å². The molecule has 0 aliphatic rings. The molecule has 66 valence electrons. The van der Waals surface area contributed by atoms with E-state index in [2.05, 4.69) is 4.40 Å². The Morgan fingerprint density at radius 1 is 1.36 bits per heavy atom. The molecule has 3 nitrogen and oxygen atoms in total. The molecule has 0 saturated heterocycles. The van der Waals surface area contributed by atoms with Crippen LogP contribution in [0.25, 0.3) is 0 Å². The van der Waals surface area contributed by atoms with Gasteiger partial charge >= 0.3 is 6.08 Å². The maximum absolute atomic E-state index is 5.18. The quantitative estimate of drug-likeness (QED) is 0.374. The van der Waals surface area contributed by atoms with E-state index in [0.717, 1.165) is 6.42 Å². The number of hydrogen-bond acceptors (Lipinski definition) is 4. The molecule has 0 fully saturated rings. The summed E-state index contributed by atoms with van der Waals surface area (Å²) in [5.74, 6) is 0. The average molecular weight is 177 g/mol. The van der Waals surface area contributed by atoms with Crippen molar-refractivity contribution >= 4 is 18.0 Å². The zero-order valence-electron chi connectivity index (χ0n) is 7.29. The van der Waals surface area contributed by atoms with Crippen LogP contribution in [0.3, 0.4) is 0 Å². The third-order valence-corrected chi connectivity index (χ3v) is 1.19. The zero-order chi connectivity index (χ0) is 8.53. The van der Waals surface area contributed by atoms with Crippen LogP contribution in [0, 0.1) is 0 Å². The summed E-state index contributed by atoms with van der Waals surface area (Å²) >= 11 is 1.34. The van der Waals surface area contributed by atoms with Gasteiger partial charge in [-0.15, -0.1) is 4.40 Å². The van der Waals surface area contributed by atoms with Gasteiger partial charge in [-0.05, 0) is 25.3 Å². The zero-order valence-corrected chi connectivity index (χ0v) is 8.11. The van der Waals surface area contributed by atoms with Crippen molar-refractivity contribution < 1.29 is 9.47 Å². The fraction of sp³-hybridized carbons (Fsp3) is 0.857. The molecule has 0 aliphatic carbocycles. The second-order valence-corrected chi connectivity index (χ2v) is 2.37. The molecule has 11 heavy (non-hydrogen) atoms. The van der Waals surface area contributed by atoms with E-state index in [9.17, 15) is 0 Å². The van der Waals surface area contributed by atoms with E-state index in [1.54, 1.807) is 0 Å². The summed E-state index contributed by atoms with van der Waals surface area (Å²) in [7, 11) is 0. The highest BCUT2D eigenvalue weighted by molar-refractivity contribution is 7.97. The van der Waals surface area contributed by atoms with Crippen LogP contribution < -0.4 is 0 Å². The molecule has 0 radical (unpaired) electrons. The molecule has 4 heteroatoms. The van der Waals surface area contributed by atoms with Gasteiger partial charge in [-0.1, -0.05) is 6.92 Å². The van der Waals surface area contributed by atoms with Crippen molar-refractivity contribution in [2.45, 2.75) is 20.3 Å². The maximum atomic E-state index is 5.18. The lowest BCUT2D eigenvalue weighted by atomic mass is 10.5. The third kappa shape index (κ3) is 6.04. The Bertz CT molecular complexity index is 117. The first-order chi connectivity index (χ1) is 5.35. The first kappa shape index (κ1) is 10.6. The van der Waals surface area contributed by atoms with Crippen LogP contribution in [0.1, 0.15) is 20.3 Å². The van der Waals surface area contributed by atoms with Crippen molar-refractivity contribution in [1.82, 2.24) is 0 Å². The molecular formula is C7H15NO2S. The molecule has 0 aromatic carbocycles. The van der Waals surface area contributed by atoms with Crippen LogP contribution in [0.2, 0.25) is 0 Å². The lowest BCUT2D eigenvalue weighted by Gasteiger charge is -2.06. The lowest BCUT2D eigenvalue weighted by Crippen LogP contribution is -2.09. The highest BCUT2D eigenvalue weighted by atomic mass is 32.2. The first-order valence-electron chi connectivity index (χ1n) is 3.71. The van der Waals surface area contributed by atoms with Gasteiger partial charge in [-0.25, -0.2) is 0 Å². The van der Waals surface area contributed by atoms with Gasteiger partial charge in [0.15, 0.2) is 0 Å². The van der Waals surface area contributed by atoms with Crippen LogP contribution >= 0.6 is 11.9 Å². The van der Waals surface area contributed by atoms with Crippen LogP contribution in [0.5, 0.6) is 0 Å². The van der Waals surface area contributed by atoms with E-state index in [1.807, 2.05) is 20.1 Å². The fourth-order valence-corrected chi connectivity index (χ4v) is 0.736. The van der Waals surface area contributed by atoms with Crippen LogP contribution in [0.15, 0.2) is 4.40 Å². The largest absolute Gasteiger partial charge is 0.450 e. The lowest BCUT2D eigenvalue weighted by molar-refractivity contribution is 0.175. The Hall–Kier alpha value is -0.380. The van der Waals surface area contributed by atoms with Gasteiger partial charge < -0.3 is 9.47 Å². The smallest absolute Gasteiger partial charge is 0.395 e. The minimum Gasteiger partial charge on any atom is -0.450 e. The number of hydrogen-bond donors (Lipinski definition) is 0. The van der Waals surface area contributed by atoms with Gasteiger partial charge in [0.2, 0.25) is 0 Å². The molecular weight excluding hydrogens is 162 g/mol. The number of ether oxygens (including phenoxy) is 2. The molecule has 0 saturated carbocycles. The molecule has 0 heterocycles. The van der Waals surface area contributed by atoms with Gasteiger partial charge in [0.1, 0.15) is 0 Å². The fourth-order valence-electron chi connectivity index (χ4n) is 0.482. The van der Waals surface area contributed by atoms with Gasteiger partial charge in [0.25, 0.3) is 0 Å². The summed E-state index contributed by atoms with van der Waals surface area (Å²) in [6.45, 7) is 5.22. The third-order valence-electron chi connectivity index (χ3n) is 0.863. The summed E-state index contributed by atoms with van der Waals surface area (Å²) in [5.41, 5.74) is 0. The van der Waals surface area contributed by atoms with E-state index >= 15 is 0 Å². The Kier molecular flexibility index (Phi) is 7.46. The minimum atomic E-state index is 0.391. The molecule has 0 aromatic rings. The topological polar surface area (TPSA) is 30.8 Å². The average Bonchev–Trinajstić information content (AvgIpc) is 2.01. The van der Waals surface area contributed by atoms with Crippen LogP contribution in [0.4, 0.5) is 0 Å². The maximum Gasteiger partial charge on any atom is 0.395 e. The van der Waals surface area contributed by atoms with Crippen LogP contribution in [-0.4, -0.2) is 25.6 Å². The normalized spacial score (nSPS) is 11.4. The van der Waals surface area contributed by atoms with Crippen molar-refractivity contribution in [2.75, 3.05) is 19.5 Å². The standard InChI is InChI=1S/C7H15NO2S/c1-4-6-10-7(8-11-3)9-5-2/h4-6H2,1-3H3/b8-7-. The molecule has 0 bridgehead atoms. The first-order valence-corrected chi connectivity index (χ1v) is 4.90. The van der Waals surface area contributed by atoms with Crippen molar-refractivity contribution in [3.05, 3.63) is 0 Å². The Balaban J connectivity index is 3.60. The predicted octanol–water partition coefficient (Wildman–Crippen LogP) is 2.08. The van der Waals surface area contributed by atoms with E-state index in [0.29, 0.717) is 19.3 Å². The second-order valence-electron chi connectivity index (χ2n) is 1.82. The van der Waals surface area contributed by atoms with Crippen molar-refractivity contribution in [3.8, 4) is 0 Å². The molecule has 0 aromatic heterocycles. The Morgan fingerprint density at radius 2 is 2.09 bits per heavy atom. The predicted molar refractivity (Wildman–Crippen MR) is 48.8 cm³/mol. The molecule has 0 N–H and O–H groups in total. The van der Waals surface area contributed by atoms with Gasteiger partial charge in [-0.3, -0.25) is 0 Å². The second kappa shape index (κ2) is 7.72. The van der Waals surface area contributed by atoms with Crippen LogP contribution in [-0.2, 0) is 9.47 Å². The van der Waals surface area contributed by atoms with Crippen molar-refractivity contribution in [3.63, 3.8) is 0 Å². The van der Waals surface area contributed by atoms with Crippen molar-refractivity contribution in [1.29, 1.82) is 0 Å².